The van der Waals surface area contributed by atoms with Gasteiger partial charge in [0.2, 0.25) is 17.4 Å². The minimum Gasteiger partial charge on any atom is -0.479 e. The van der Waals surface area contributed by atoms with Crippen LogP contribution in [0.25, 0.3) is 0 Å². The van der Waals surface area contributed by atoms with Crippen LogP contribution in [0.1, 0.15) is 21.0 Å². The Morgan fingerprint density at radius 3 is 2.09 bits per heavy atom. The molecule has 22 heavy (non-hydrogen) atoms. The molecule has 0 saturated heterocycles. The molecule has 0 amide bonds. The molecule has 0 aromatic carbocycles. The zero-order valence-electron chi connectivity index (χ0n) is 13.4. The van der Waals surface area contributed by atoms with E-state index >= 15 is 0 Å². The van der Waals surface area contributed by atoms with Gasteiger partial charge in [-0.1, -0.05) is 0 Å². The number of carbonyl (C=O) groups is 2. The molecule has 0 atom stereocenters. The number of rotatable bonds is 7. The summed E-state index contributed by atoms with van der Waals surface area (Å²) >= 11 is 0. The van der Waals surface area contributed by atoms with Gasteiger partial charge in [-0.25, -0.2) is 9.97 Å². The summed E-state index contributed by atoms with van der Waals surface area (Å²) in [6.45, 7) is 0. The van der Waals surface area contributed by atoms with Gasteiger partial charge >= 0.3 is 0 Å². The standard InChI is InChI=1S/C15H20N4O3/c1-18(2)8-6-12(20)11-10-16-15(22-5)14(17-11)13(21)7-9-19(3)4/h6-10H,1-5H3/b8-6+,9-7+. The number of methoxy groups -OCH3 is 1. The third-order valence-electron chi connectivity index (χ3n) is 2.47. The van der Waals surface area contributed by atoms with E-state index in [2.05, 4.69) is 9.97 Å². The van der Waals surface area contributed by atoms with Gasteiger partial charge in [-0.3, -0.25) is 9.59 Å². The van der Waals surface area contributed by atoms with E-state index in [-0.39, 0.29) is 28.8 Å². The minimum atomic E-state index is -0.385. The number of ether oxygens (including phenoxy) is 1. The van der Waals surface area contributed by atoms with E-state index in [1.54, 1.807) is 50.4 Å². The zero-order chi connectivity index (χ0) is 16.7. The molecule has 0 radical (unpaired) electrons. The first-order valence-corrected chi connectivity index (χ1v) is 6.54. The van der Waals surface area contributed by atoms with Crippen molar-refractivity contribution in [1.29, 1.82) is 0 Å². The molecule has 0 fully saturated rings. The summed E-state index contributed by atoms with van der Waals surface area (Å²) < 4.78 is 5.03. The van der Waals surface area contributed by atoms with Crippen LogP contribution in [-0.2, 0) is 0 Å². The van der Waals surface area contributed by atoms with Crippen LogP contribution in [-0.4, -0.2) is 66.6 Å². The number of aromatic nitrogens is 2. The molecule has 1 aromatic heterocycles. The Kier molecular flexibility index (Phi) is 6.25. The van der Waals surface area contributed by atoms with Crippen LogP contribution in [0.4, 0.5) is 0 Å². The number of hydrogen-bond donors (Lipinski definition) is 0. The SMILES string of the molecule is COc1ncc(C(=O)/C=C/N(C)C)nc1C(=O)/C=C/N(C)C. The van der Waals surface area contributed by atoms with Crippen molar-refractivity contribution in [2.75, 3.05) is 35.3 Å². The summed E-state index contributed by atoms with van der Waals surface area (Å²) in [5.41, 5.74) is 0.0882. The molecule has 0 unspecified atom stereocenters. The molecule has 1 rings (SSSR count). The highest BCUT2D eigenvalue weighted by Gasteiger charge is 2.16. The summed E-state index contributed by atoms with van der Waals surface area (Å²) in [5, 5.41) is 0. The first-order valence-electron chi connectivity index (χ1n) is 6.54. The highest BCUT2D eigenvalue weighted by Crippen LogP contribution is 2.14. The van der Waals surface area contributed by atoms with Crippen molar-refractivity contribution in [2.45, 2.75) is 0 Å². The highest BCUT2D eigenvalue weighted by atomic mass is 16.5. The van der Waals surface area contributed by atoms with Crippen molar-refractivity contribution in [1.82, 2.24) is 19.8 Å². The Morgan fingerprint density at radius 1 is 1.05 bits per heavy atom. The fraction of sp³-hybridized carbons (Fsp3) is 0.333. The van der Waals surface area contributed by atoms with Crippen molar-refractivity contribution in [3.05, 3.63) is 42.1 Å². The molecule has 0 aliphatic rings. The average Bonchev–Trinajstić information content (AvgIpc) is 2.49. The third-order valence-corrected chi connectivity index (χ3v) is 2.47. The molecule has 0 bridgehead atoms. The fourth-order valence-corrected chi connectivity index (χ4v) is 1.40. The summed E-state index contributed by atoms with van der Waals surface area (Å²) in [4.78, 5) is 35.6. The van der Waals surface area contributed by atoms with E-state index in [9.17, 15) is 9.59 Å². The van der Waals surface area contributed by atoms with Crippen LogP contribution < -0.4 is 4.74 Å². The lowest BCUT2D eigenvalue weighted by atomic mass is 10.2. The molecule has 1 heterocycles. The lowest BCUT2D eigenvalue weighted by Crippen LogP contribution is -2.11. The Hall–Kier alpha value is -2.70. The normalized spacial score (nSPS) is 11.0. The number of allylic oxidation sites excluding steroid dienone is 2. The van der Waals surface area contributed by atoms with Crippen molar-refractivity contribution in [2.24, 2.45) is 0 Å². The van der Waals surface area contributed by atoms with Crippen LogP contribution >= 0.6 is 0 Å². The molecule has 0 saturated carbocycles. The van der Waals surface area contributed by atoms with Crippen LogP contribution in [0.5, 0.6) is 5.88 Å². The maximum absolute atomic E-state index is 12.1. The van der Waals surface area contributed by atoms with E-state index in [1.807, 2.05) is 0 Å². The van der Waals surface area contributed by atoms with Crippen LogP contribution in [0.2, 0.25) is 0 Å². The van der Waals surface area contributed by atoms with Gasteiger partial charge in [0.05, 0.1) is 13.3 Å². The predicted octanol–water partition coefficient (Wildman–Crippen LogP) is 1.00. The maximum Gasteiger partial charge on any atom is 0.243 e. The maximum atomic E-state index is 12.1. The van der Waals surface area contributed by atoms with Crippen molar-refractivity contribution in [3.63, 3.8) is 0 Å². The molecule has 0 spiro atoms. The van der Waals surface area contributed by atoms with E-state index in [0.29, 0.717) is 0 Å². The molecule has 118 valence electrons. The first-order chi connectivity index (χ1) is 10.3. The Morgan fingerprint density at radius 2 is 1.59 bits per heavy atom. The van der Waals surface area contributed by atoms with Gasteiger partial charge < -0.3 is 14.5 Å². The molecule has 7 nitrogen and oxygen atoms in total. The van der Waals surface area contributed by atoms with Gasteiger partial charge in [0.25, 0.3) is 0 Å². The smallest absolute Gasteiger partial charge is 0.243 e. The lowest BCUT2D eigenvalue weighted by Gasteiger charge is -2.07. The summed E-state index contributed by atoms with van der Waals surface area (Å²) in [7, 11) is 8.57. The second-order valence-corrected chi connectivity index (χ2v) is 4.90. The summed E-state index contributed by atoms with van der Waals surface area (Å²) in [5.74, 6) is -0.639. The van der Waals surface area contributed by atoms with Gasteiger partial charge in [-0.15, -0.1) is 0 Å². The van der Waals surface area contributed by atoms with Gasteiger partial charge in [-0.2, -0.15) is 0 Å². The quantitative estimate of drug-likeness (QED) is 0.549. The van der Waals surface area contributed by atoms with Crippen LogP contribution in [0, 0.1) is 0 Å². The van der Waals surface area contributed by atoms with Crippen molar-refractivity contribution in [3.8, 4) is 5.88 Å². The van der Waals surface area contributed by atoms with Crippen molar-refractivity contribution >= 4 is 11.6 Å². The number of carbonyl (C=O) groups excluding carboxylic acids is 2. The number of hydrogen-bond acceptors (Lipinski definition) is 7. The molecule has 1 aromatic rings. The summed E-state index contributed by atoms with van der Waals surface area (Å²) in [6, 6.07) is 0. The van der Waals surface area contributed by atoms with Crippen LogP contribution in [0.3, 0.4) is 0 Å². The molecule has 0 N–H and O–H groups in total. The number of nitrogens with zero attached hydrogens (tertiary/aromatic N) is 4. The predicted molar refractivity (Wildman–Crippen MR) is 82.9 cm³/mol. The first kappa shape index (κ1) is 17.4. The van der Waals surface area contributed by atoms with E-state index < -0.39 is 0 Å². The Labute approximate surface area is 129 Å². The van der Waals surface area contributed by atoms with Crippen molar-refractivity contribution < 1.29 is 14.3 Å². The topological polar surface area (TPSA) is 75.6 Å². The number of ketones is 2. The fourth-order valence-electron chi connectivity index (χ4n) is 1.40. The second kappa shape index (κ2) is 7.92. The Bertz CT molecular complexity index is 607. The zero-order valence-corrected chi connectivity index (χ0v) is 13.4. The molecule has 0 aliphatic heterocycles. The van der Waals surface area contributed by atoms with Gasteiger partial charge in [0, 0.05) is 52.7 Å². The molecule has 0 aliphatic carbocycles. The lowest BCUT2D eigenvalue weighted by molar-refractivity contribution is 0.103. The van der Waals surface area contributed by atoms with E-state index in [0.717, 1.165) is 0 Å². The monoisotopic (exact) mass is 304 g/mol. The molecular formula is C15H20N4O3. The van der Waals surface area contributed by atoms with Gasteiger partial charge in [0.1, 0.15) is 5.69 Å². The van der Waals surface area contributed by atoms with Gasteiger partial charge in [0.15, 0.2) is 5.69 Å². The molecule has 7 heteroatoms. The molecular weight excluding hydrogens is 284 g/mol. The second-order valence-electron chi connectivity index (χ2n) is 4.90. The van der Waals surface area contributed by atoms with Gasteiger partial charge in [-0.05, 0) is 0 Å². The van der Waals surface area contributed by atoms with Crippen LogP contribution in [0.15, 0.2) is 30.7 Å². The highest BCUT2D eigenvalue weighted by molar-refractivity contribution is 6.07. The minimum absolute atomic E-state index is 0.00435. The Balaban J connectivity index is 3.13. The van der Waals surface area contributed by atoms with E-state index in [1.165, 1.54) is 25.5 Å². The largest absolute Gasteiger partial charge is 0.479 e. The third kappa shape index (κ3) is 5.01. The summed E-state index contributed by atoms with van der Waals surface area (Å²) in [6.07, 6.45) is 7.18. The van der Waals surface area contributed by atoms with E-state index in [4.69, 9.17) is 4.74 Å². The average molecular weight is 304 g/mol.